The third kappa shape index (κ3) is 4.20. The molecule has 3 heteroatoms. The molecule has 2 rings (SSSR count). The Morgan fingerprint density at radius 2 is 1.35 bits per heavy atom. The molecule has 2 unspecified atom stereocenters. The summed E-state index contributed by atoms with van der Waals surface area (Å²) in [6.45, 7) is 4.42. The minimum absolute atomic E-state index is 0.0608. The van der Waals surface area contributed by atoms with Crippen LogP contribution in [0, 0.1) is 0 Å². The molecule has 20 heavy (non-hydrogen) atoms. The highest BCUT2D eigenvalue weighted by molar-refractivity contribution is 6.29. The Morgan fingerprint density at radius 3 is 1.85 bits per heavy atom. The maximum atomic E-state index is 6.69. The van der Waals surface area contributed by atoms with Gasteiger partial charge in [-0.25, -0.2) is 0 Å². The smallest absolute Gasteiger partial charge is 0.165 e. The van der Waals surface area contributed by atoms with Crippen LogP contribution in [-0.2, 0) is 4.43 Å². The lowest BCUT2D eigenvalue weighted by Gasteiger charge is -2.25. The molecule has 2 atom stereocenters. The van der Waals surface area contributed by atoms with Crippen LogP contribution < -0.4 is 0 Å². The van der Waals surface area contributed by atoms with Crippen LogP contribution in [0.5, 0.6) is 0 Å². The van der Waals surface area contributed by atoms with Gasteiger partial charge in [-0.05, 0) is 16.7 Å². The molecule has 106 valence electrons. The first-order valence-corrected chi connectivity index (χ1v) is 8.87. The predicted molar refractivity (Wildman–Crippen MR) is 88.9 cm³/mol. The van der Waals surface area contributed by atoms with Crippen molar-refractivity contribution in [3.8, 4) is 0 Å². The molecule has 0 saturated heterocycles. The molecule has 0 aliphatic rings. The van der Waals surface area contributed by atoms with Crippen molar-refractivity contribution in [2.45, 2.75) is 30.9 Å². The molecule has 0 aliphatic heterocycles. The average molecular weight is 305 g/mol. The lowest BCUT2D eigenvalue weighted by molar-refractivity contribution is 0.208. The topological polar surface area (TPSA) is 9.23 Å². The van der Waals surface area contributed by atoms with E-state index in [1.54, 1.807) is 0 Å². The van der Waals surface area contributed by atoms with E-state index < -0.39 is 9.76 Å². The van der Waals surface area contributed by atoms with Crippen molar-refractivity contribution in [3.63, 3.8) is 0 Å². The second-order valence-electron chi connectivity index (χ2n) is 5.37. The molecule has 0 aromatic heterocycles. The van der Waals surface area contributed by atoms with Crippen molar-refractivity contribution >= 4 is 21.4 Å². The van der Waals surface area contributed by atoms with E-state index in [1.165, 1.54) is 0 Å². The maximum absolute atomic E-state index is 6.69. The molecule has 0 aliphatic carbocycles. The summed E-state index contributed by atoms with van der Waals surface area (Å²) in [5, 5.41) is -0.148. The quantitative estimate of drug-likeness (QED) is 0.558. The number of hydrogen-bond acceptors (Lipinski definition) is 1. The molecular weight excluding hydrogens is 284 g/mol. The van der Waals surface area contributed by atoms with Crippen LogP contribution in [-0.4, -0.2) is 9.76 Å². The van der Waals surface area contributed by atoms with Crippen LogP contribution in [0.4, 0.5) is 0 Å². The molecule has 0 fully saturated rings. The van der Waals surface area contributed by atoms with E-state index in [0.29, 0.717) is 5.54 Å². The standard InChI is InChI=1S/C17H21ClOSi/c1-13(2)20-19-17(15-11-7-4-8-12-15)16(18)14-9-5-3-6-10-14/h3-13,16-17H,20H2,1-2H3. The van der Waals surface area contributed by atoms with E-state index in [4.69, 9.17) is 16.0 Å². The molecule has 2 aromatic rings. The van der Waals surface area contributed by atoms with Crippen molar-refractivity contribution in [2.24, 2.45) is 0 Å². The van der Waals surface area contributed by atoms with Gasteiger partial charge in [0.05, 0.1) is 11.5 Å². The zero-order chi connectivity index (χ0) is 14.4. The Bertz CT molecular complexity index is 501. The lowest BCUT2D eigenvalue weighted by atomic mass is 10.0. The minimum Gasteiger partial charge on any atom is -0.415 e. The minimum atomic E-state index is -0.577. The van der Waals surface area contributed by atoms with Gasteiger partial charge in [0.15, 0.2) is 9.76 Å². The highest BCUT2D eigenvalue weighted by Crippen LogP contribution is 2.37. The molecule has 1 nitrogen and oxygen atoms in total. The van der Waals surface area contributed by atoms with Gasteiger partial charge in [-0.15, -0.1) is 11.6 Å². The van der Waals surface area contributed by atoms with Crippen LogP contribution in [0.3, 0.4) is 0 Å². The lowest BCUT2D eigenvalue weighted by Crippen LogP contribution is -2.15. The van der Waals surface area contributed by atoms with Gasteiger partial charge >= 0.3 is 0 Å². The Labute approximate surface area is 128 Å². The summed E-state index contributed by atoms with van der Waals surface area (Å²) in [6, 6.07) is 20.5. The SMILES string of the molecule is CC(C)[SiH2]OC(c1ccccc1)C(Cl)c1ccccc1. The Balaban J connectivity index is 2.22. The molecule has 2 aromatic carbocycles. The van der Waals surface area contributed by atoms with Crippen molar-refractivity contribution < 1.29 is 4.43 Å². The summed E-state index contributed by atoms with van der Waals surface area (Å²) < 4.78 is 6.21. The van der Waals surface area contributed by atoms with Crippen LogP contribution in [0.2, 0.25) is 5.54 Å². The molecule has 0 heterocycles. The summed E-state index contributed by atoms with van der Waals surface area (Å²) in [6.07, 6.45) is -0.0608. The molecule has 0 spiro atoms. The van der Waals surface area contributed by atoms with Crippen molar-refractivity contribution in [1.29, 1.82) is 0 Å². The monoisotopic (exact) mass is 304 g/mol. The molecule has 0 N–H and O–H groups in total. The third-order valence-electron chi connectivity index (χ3n) is 3.12. The Kier molecular flexibility index (Phi) is 5.83. The van der Waals surface area contributed by atoms with Crippen molar-refractivity contribution in [1.82, 2.24) is 0 Å². The first-order chi connectivity index (χ1) is 9.68. The third-order valence-corrected chi connectivity index (χ3v) is 4.82. The summed E-state index contributed by atoms with van der Waals surface area (Å²) in [7, 11) is -0.577. The van der Waals surface area contributed by atoms with Crippen LogP contribution in [0.25, 0.3) is 0 Å². The normalized spacial score (nSPS) is 14.8. The second kappa shape index (κ2) is 7.63. The van der Waals surface area contributed by atoms with Crippen LogP contribution >= 0.6 is 11.6 Å². The van der Waals surface area contributed by atoms with Crippen molar-refractivity contribution in [3.05, 3.63) is 71.8 Å². The van der Waals surface area contributed by atoms with Gasteiger partial charge < -0.3 is 4.43 Å². The summed E-state index contributed by atoms with van der Waals surface area (Å²) in [5.41, 5.74) is 2.89. The average Bonchev–Trinajstić information content (AvgIpc) is 2.49. The molecule has 0 saturated carbocycles. The Hall–Kier alpha value is -1.09. The molecule has 0 bridgehead atoms. The molecule has 0 amide bonds. The van der Waals surface area contributed by atoms with E-state index in [0.717, 1.165) is 11.1 Å². The fourth-order valence-corrected chi connectivity index (χ4v) is 3.56. The number of hydrogen-bond donors (Lipinski definition) is 0. The summed E-state index contributed by atoms with van der Waals surface area (Å²) >= 11 is 6.69. The Morgan fingerprint density at radius 1 is 0.850 bits per heavy atom. The second-order valence-corrected chi connectivity index (χ2v) is 8.14. The number of rotatable bonds is 6. The fraction of sp³-hybridized carbons (Fsp3) is 0.294. The van der Waals surface area contributed by atoms with Gasteiger partial charge in [0.25, 0.3) is 0 Å². The largest absolute Gasteiger partial charge is 0.415 e. The van der Waals surface area contributed by atoms with Gasteiger partial charge in [-0.2, -0.15) is 0 Å². The van der Waals surface area contributed by atoms with Gasteiger partial charge in [0, 0.05) is 0 Å². The van der Waals surface area contributed by atoms with E-state index in [1.807, 2.05) is 36.4 Å². The van der Waals surface area contributed by atoms with E-state index in [-0.39, 0.29) is 11.5 Å². The maximum Gasteiger partial charge on any atom is 0.165 e. The first kappa shape index (κ1) is 15.3. The number of benzene rings is 2. The molecular formula is C17H21ClOSi. The number of alkyl halides is 1. The zero-order valence-electron chi connectivity index (χ0n) is 12.0. The zero-order valence-corrected chi connectivity index (χ0v) is 14.2. The summed E-state index contributed by atoms with van der Waals surface area (Å²) in [5.74, 6) is 0. The van der Waals surface area contributed by atoms with Crippen LogP contribution in [0.15, 0.2) is 60.7 Å². The van der Waals surface area contributed by atoms with Crippen LogP contribution in [0.1, 0.15) is 36.5 Å². The highest BCUT2D eigenvalue weighted by Gasteiger charge is 2.23. The first-order valence-electron chi connectivity index (χ1n) is 7.04. The summed E-state index contributed by atoms with van der Waals surface area (Å²) in [4.78, 5) is 0. The van der Waals surface area contributed by atoms with Gasteiger partial charge in [-0.1, -0.05) is 74.5 Å². The fourth-order valence-electron chi connectivity index (χ4n) is 2.10. The predicted octanol–water partition coefficient (Wildman–Crippen LogP) is 4.64. The van der Waals surface area contributed by atoms with Crippen molar-refractivity contribution in [2.75, 3.05) is 0 Å². The molecule has 0 radical (unpaired) electrons. The highest BCUT2D eigenvalue weighted by atomic mass is 35.5. The van der Waals surface area contributed by atoms with Gasteiger partial charge in [0.1, 0.15) is 0 Å². The van der Waals surface area contributed by atoms with E-state index >= 15 is 0 Å². The van der Waals surface area contributed by atoms with E-state index in [9.17, 15) is 0 Å². The van der Waals surface area contributed by atoms with Gasteiger partial charge in [-0.3, -0.25) is 0 Å². The van der Waals surface area contributed by atoms with Gasteiger partial charge in [0.2, 0.25) is 0 Å². The number of halogens is 1. The van der Waals surface area contributed by atoms with E-state index in [2.05, 4.69) is 38.1 Å².